The average Bonchev–Trinajstić information content (AvgIpc) is 2.78. The number of alkyl halides is 3. The quantitative estimate of drug-likeness (QED) is 0.785. The smallest absolute Gasteiger partial charge is 0.401 e. The van der Waals surface area contributed by atoms with E-state index in [1.165, 1.54) is 4.90 Å². The maximum atomic E-state index is 12.5. The van der Waals surface area contributed by atoms with Crippen molar-refractivity contribution in [3.8, 4) is 11.5 Å². The highest BCUT2D eigenvalue weighted by molar-refractivity contribution is 9.10. The van der Waals surface area contributed by atoms with Gasteiger partial charge < -0.3 is 9.47 Å². The lowest BCUT2D eigenvalue weighted by Crippen LogP contribution is -2.37. The Morgan fingerprint density at radius 1 is 1.00 bits per heavy atom. The minimum absolute atomic E-state index is 0.224. The summed E-state index contributed by atoms with van der Waals surface area (Å²) in [7, 11) is 0. The van der Waals surface area contributed by atoms with Gasteiger partial charge in [0.15, 0.2) is 11.5 Å². The Morgan fingerprint density at radius 3 is 2.39 bits per heavy atom. The topological polar surface area (TPSA) is 24.9 Å². The second-order valence-electron chi connectivity index (χ2n) is 5.82. The Hall–Kier alpha value is -0.990. The third-order valence-electron chi connectivity index (χ3n) is 4.02. The summed E-state index contributed by atoms with van der Waals surface area (Å²) < 4.78 is 49.2. The van der Waals surface area contributed by atoms with Gasteiger partial charge >= 0.3 is 6.18 Å². The van der Waals surface area contributed by atoms with Gasteiger partial charge in [-0.15, -0.1) is 0 Å². The third kappa shape index (κ3) is 4.51. The zero-order chi connectivity index (χ0) is 16.4. The molecule has 4 nitrogen and oxygen atoms in total. The number of hydrogen-bond donors (Lipinski definition) is 0. The van der Waals surface area contributed by atoms with E-state index in [0.29, 0.717) is 31.9 Å². The van der Waals surface area contributed by atoms with Gasteiger partial charge in [-0.25, -0.2) is 0 Å². The molecule has 0 amide bonds. The summed E-state index contributed by atoms with van der Waals surface area (Å²) in [6.45, 7) is 2.40. The molecule has 1 fully saturated rings. The first kappa shape index (κ1) is 16.9. The van der Waals surface area contributed by atoms with Crippen LogP contribution < -0.4 is 9.47 Å². The number of halogens is 4. The molecule has 0 aromatic heterocycles. The van der Waals surface area contributed by atoms with E-state index in [1.54, 1.807) is 0 Å². The van der Waals surface area contributed by atoms with Crippen LogP contribution in [0.4, 0.5) is 13.2 Å². The van der Waals surface area contributed by atoms with Gasteiger partial charge in [0.05, 0.1) is 6.54 Å². The van der Waals surface area contributed by atoms with Gasteiger partial charge in [-0.3, -0.25) is 9.80 Å². The molecule has 2 aliphatic rings. The van der Waals surface area contributed by atoms with Crippen LogP contribution in [0.25, 0.3) is 0 Å². The predicted octanol–water partition coefficient (Wildman–Crippen LogP) is 3.25. The lowest BCUT2D eigenvalue weighted by molar-refractivity contribution is -0.145. The largest absolute Gasteiger partial charge is 0.454 e. The minimum Gasteiger partial charge on any atom is -0.454 e. The van der Waals surface area contributed by atoms with Gasteiger partial charge in [-0.1, -0.05) is 15.9 Å². The number of benzene rings is 1. The number of ether oxygens (including phenoxy) is 2. The highest BCUT2D eigenvalue weighted by Crippen LogP contribution is 2.37. The molecule has 23 heavy (non-hydrogen) atoms. The monoisotopic (exact) mass is 394 g/mol. The lowest BCUT2D eigenvalue weighted by Gasteiger charge is -2.23. The molecule has 1 aromatic rings. The van der Waals surface area contributed by atoms with Gasteiger partial charge in [0.2, 0.25) is 6.79 Å². The standard InChI is InChI=1S/C15H18BrF3N2O2/c16-12-7-14-13(22-10-23-14)6-11(12)8-20-2-1-3-21(5-4-20)9-15(17,18)19/h6-7H,1-5,8-10H2. The molecular weight excluding hydrogens is 377 g/mol. The van der Waals surface area contributed by atoms with Crippen molar-refractivity contribution in [1.82, 2.24) is 9.80 Å². The van der Waals surface area contributed by atoms with Gasteiger partial charge in [-0.2, -0.15) is 13.2 Å². The zero-order valence-corrected chi connectivity index (χ0v) is 14.1. The Labute approximate surface area is 141 Å². The number of hydrogen-bond acceptors (Lipinski definition) is 4. The van der Waals surface area contributed by atoms with Crippen molar-refractivity contribution in [1.29, 1.82) is 0 Å². The molecule has 2 aliphatic heterocycles. The van der Waals surface area contributed by atoms with Gasteiger partial charge in [0, 0.05) is 24.1 Å². The summed E-state index contributed by atoms with van der Waals surface area (Å²) in [5, 5.41) is 0. The van der Waals surface area contributed by atoms with Crippen molar-refractivity contribution in [2.24, 2.45) is 0 Å². The van der Waals surface area contributed by atoms with Crippen LogP contribution in [0.15, 0.2) is 16.6 Å². The Balaban J connectivity index is 1.61. The van der Waals surface area contributed by atoms with E-state index >= 15 is 0 Å². The van der Waals surface area contributed by atoms with Crippen LogP contribution in [0.2, 0.25) is 0 Å². The Bertz CT molecular complexity index is 568. The summed E-state index contributed by atoms with van der Waals surface area (Å²) in [5.41, 5.74) is 1.05. The molecule has 0 saturated carbocycles. The van der Waals surface area contributed by atoms with E-state index in [4.69, 9.17) is 9.47 Å². The Kier molecular flexibility index (Phi) is 5.03. The number of nitrogens with zero attached hydrogens (tertiary/aromatic N) is 2. The first-order valence-electron chi connectivity index (χ1n) is 7.50. The number of rotatable bonds is 3. The lowest BCUT2D eigenvalue weighted by atomic mass is 10.2. The highest BCUT2D eigenvalue weighted by atomic mass is 79.9. The first-order chi connectivity index (χ1) is 10.9. The number of fused-ring (bicyclic) bond motifs is 1. The van der Waals surface area contributed by atoms with Crippen LogP contribution in [-0.4, -0.2) is 55.5 Å². The van der Waals surface area contributed by atoms with Crippen molar-refractivity contribution in [3.63, 3.8) is 0 Å². The van der Waals surface area contributed by atoms with Crippen LogP contribution in [0.1, 0.15) is 12.0 Å². The van der Waals surface area contributed by atoms with E-state index < -0.39 is 12.7 Å². The molecule has 0 aliphatic carbocycles. The molecular formula is C15H18BrF3N2O2. The van der Waals surface area contributed by atoms with E-state index in [2.05, 4.69) is 20.8 Å². The maximum absolute atomic E-state index is 12.5. The molecule has 2 heterocycles. The molecule has 128 valence electrons. The fraction of sp³-hybridized carbons (Fsp3) is 0.600. The molecule has 3 rings (SSSR count). The van der Waals surface area contributed by atoms with Crippen LogP contribution in [0.5, 0.6) is 11.5 Å². The van der Waals surface area contributed by atoms with Crippen LogP contribution >= 0.6 is 15.9 Å². The first-order valence-corrected chi connectivity index (χ1v) is 8.29. The summed E-state index contributed by atoms with van der Waals surface area (Å²) in [6, 6.07) is 3.82. The molecule has 0 N–H and O–H groups in total. The summed E-state index contributed by atoms with van der Waals surface area (Å²) in [6.07, 6.45) is -3.40. The van der Waals surface area contributed by atoms with Crippen molar-refractivity contribution < 1.29 is 22.6 Å². The second kappa shape index (κ2) is 6.86. The van der Waals surface area contributed by atoms with E-state index in [9.17, 15) is 13.2 Å². The van der Waals surface area contributed by atoms with Gasteiger partial charge in [0.25, 0.3) is 0 Å². The summed E-state index contributed by atoms with van der Waals surface area (Å²) >= 11 is 3.53. The van der Waals surface area contributed by atoms with Crippen molar-refractivity contribution >= 4 is 15.9 Å². The van der Waals surface area contributed by atoms with Crippen molar-refractivity contribution in [3.05, 3.63) is 22.2 Å². The molecule has 1 saturated heterocycles. The fourth-order valence-electron chi connectivity index (χ4n) is 2.92. The van der Waals surface area contributed by atoms with Crippen LogP contribution in [0, 0.1) is 0 Å². The maximum Gasteiger partial charge on any atom is 0.401 e. The van der Waals surface area contributed by atoms with E-state index in [1.807, 2.05) is 12.1 Å². The second-order valence-corrected chi connectivity index (χ2v) is 6.67. The molecule has 0 bridgehead atoms. The molecule has 0 unspecified atom stereocenters. The SMILES string of the molecule is FC(F)(F)CN1CCCN(Cc2cc3c(cc2Br)OCO3)CC1. The normalized spacial score (nSPS) is 19.8. The zero-order valence-electron chi connectivity index (χ0n) is 12.5. The predicted molar refractivity (Wildman–Crippen MR) is 82.7 cm³/mol. The van der Waals surface area contributed by atoms with Crippen LogP contribution in [-0.2, 0) is 6.54 Å². The fourth-order valence-corrected chi connectivity index (χ4v) is 3.36. The molecule has 0 atom stereocenters. The summed E-state index contributed by atoms with van der Waals surface area (Å²) in [4.78, 5) is 3.66. The molecule has 0 spiro atoms. The van der Waals surface area contributed by atoms with Crippen molar-refractivity contribution in [2.75, 3.05) is 39.5 Å². The van der Waals surface area contributed by atoms with Gasteiger partial charge in [-0.05, 0) is 37.2 Å². The Morgan fingerprint density at radius 2 is 1.65 bits per heavy atom. The third-order valence-corrected chi connectivity index (χ3v) is 4.76. The van der Waals surface area contributed by atoms with Crippen LogP contribution in [0.3, 0.4) is 0 Å². The molecule has 1 aromatic carbocycles. The van der Waals surface area contributed by atoms with Gasteiger partial charge in [0.1, 0.15) is 0 Å². The minimum atomic E-state index is -4.13. The van der Waals surface area contributed by atoms with E-state index in [0.717, 1.165) is 28.8 Å². The average molecular weight is 395 g/mol. The van der Waals surface area contributed by atoms with Crippen molar-refractivity contribution in [2.45, 2.75) is 19.1 Å². The highest BCUT2D eigenvalue weighted by Gasteiger charge is 2.31. The van der Waals surface area contributed by atoms with E-state index in [-0.39, 0.29) is 6.79 Å². The molecule has 0 radical (unpaired) electrons. The summed E-state index contributed by atoms with van der Waals surface area (Å²) in [5.74, 6) is 1.43. The molecule has 8 heteroatoms.